The largest absolute Gasteiger partial charge is 0.496 e. The highest BCUT2D eigenvalue weighted by molar-refractivity contribution is 5.89. The van der Waals surface area contributed by atoms with Gasteiger partial charge in [0.1, 0.15) is 11.3 Å². The normalized spacial score (nSPS) is 32.2. The van der Waals surface area contributed by atoms with Crippen LogP contribution >= 0.6 is 0 Å². The first-order valence-electron chi connectivity index (χ1n) is 8.68. The number of ether oxygens (including phenoxy) is 2. The van der Waals surface area contributed by atoms with Gasteiger partial charge in [-0.1, -0.05) is 32.0 Å². The van der Waals surface area contributed by atoms with E-state index in [0.29, 0.717) is 0 Å². The van der Waals surface area contributed by atoms with E-state index >= 15 is 0 Å². The Kier molecular flexibility index (Phi) is 4.34. The first-order chi connectivity index (χ1) is 11.3. The fourth-order valence-corrected chi connectivity index (χ4v) is 4.45. The molecule has 3 N–H and O–H groups in total. The lowest BCUT2D eigenvalue weighted by atomic mass is 9.46. The molecule has 24 heavy (non-hydrogen) atoms. The fraction of sp³-hybridized carbons (Fsp3) is 0.632. The second-order valence-electron chi connectivity index (χ2n) is 7.57. The van der Waals surface area contributed by atoms with Gasteiger partial charge in [-0.05, 0) is 25.8 Å². The lowest BCUT2D eigenvalue weighted by Crippen LogP contribution is -2.82. The van der Waals surface area contributed by atoms with Gasteiger partial charge >= 0.3 is 0 Å². The molecule has 5 nitrogen and oxygen atoms in total. The van der Waals surface area contributed by atoms with Crippen molar-refractivity contribution in [1.29, 1.82) is 0 Å². The number of para-hydroxylation sites is 1. The number of methoxy groups -OCH3 is 1. The third kappa shape index (κ3) is 2.33. The van der Waals surface area contributed by atoms with E-state index in [-0.39, 0.29) is 29.4 Å². The maximum absolute atomic E-state index is 13.1. The molecule has 0 bridgehead atoms. The minimum Gasteiger partial charge on any atom is -0.496 e. The van der Waals surface area contributed by atoms with Crippen LogP contribution in [0.4, 0.5) is 0 Å². The molecule has 132 valence electrons. The van der Waals surface area contributed by atoms with Crippen molar-refractivity contribution in [3.05, 3.63) is 29.8 Å². The Morgan fingerprint density at radius 2 is 2.12 bits per heavy atom. The Morgan fingerprint density at radius 3 is 2.83 bits per heavy atom. The molecule has 1 saturated carbocycles. The summed E-state index contributed by atoms with van der Waals surface area (Å²) in [5, 5.41) is 3.10. The highest BCUT2D eigenvalue weighted by Crippen LogP contribution is 2.57. The summed E-state index contributed by atoms with van der Waals surface area (Å²) in [7, 11) is 1.64. The third-order valence-corrected chi connectivity index (χ3v) is 6.01. The second-order valence-corrected chi connectivity index (χ2v) is 7.57. The molecule has 1 amide bonds. The Bertz CT molecular complexity index is 631. The lowest BCUT2D eigenvalue weighted by molar-refractivity contribution is -0.225. The molecule has 3 rings (SSSR count). The molecule has 1 saturated heterocycles. The summed E-state index contributed by atoms with van der Waals surface area (Å²) in [6, 6.07) is 7.55. The van der Waals surface area contributed by atoms with Crippen molar-refractivity contribution in [2.24, 2.45) is 17.1 Å². The van der Waals surface area contributed by atoms with Gasteiger partial charge in [-0.15, -0.1) is 0 Å². The second kappa shape index (κ2) is 6.05. The quantitative estimate of drug-likeness (QED) is 0.888. The van der Waals surface area contributed by atoms with Crippen molar-refractivity contribution in [1.82, 2.24) is 5.32 Å². The van der Waals surface area contributed by atoms with Crippen LogP contribution in [0.5, 0.6) is 5.75 Å². The molecule has 2 aliphatic rings. The van der Waals surface area contributed by atoms with Gasteiger partial charge in [-0.25, -0.2) is 0 Å². The lowest BCUT2D eigenvalue weighted by Gasteiger charge is -2.65. The van der Waals surface area contributed by atoms with Gasteiger partial charge in [0, 0.05) is 23.5 Å². The van der Waals surface area contributed by atoms with Crippen molar-refractivity contribution in [2.75, 3.05) is 13.7 Å². The van der Waals surface area contributed by atoms with E-state index in [1.807, 2.05) is 45.0 Å². The first-order valence-corrected chi connectivity index (χ1v) is 8.68. The molecule has 5 heteroatoms. The summed E-state index contributed by atoms with van der Waals surface area (Å²) < 4.78 is 11.3. The van der Waals surface area contributed by atoms with Crippen LogP contribution < -0.4 is 15.8 Å². The molecule has 1 aliphatic carbocycles. The summed E-state index contributed by atoms with van der Waals surface area (Å²) in [5.74, 6) is 0.756. The highest BCUT2D eigenvalue weighted by Gasteiger charge is 2.70. The number of amides is 1. The summed E-state index contributed by atoms with van der Waals surface area (Å²) in [6.45, 7) is 6.79. The van der Waals surface area contributed by atoms with Gasteiger partial charge < -0.3 is 20.5 Å². The van der Waals surface area contributed by atoms with Crippen molar-refractivity contribution in [2.45, 2.75) is 51.3 Å². The van der Waals surface area contributed by atoms with Gasteiger partial charge in [0.25, 0.3) is 0 Å². The number of nitrogens with one attached hydrogen (secondary N) is 1. The van der Waals surface area contributed by atoms with Crippen LogP contribution in [0.2, 0.25) is 0 Å². The maximum Gasteiger partial charge on any atom is 0.241 e. The zero-order chi connectivity index (χ0) is 17.5. The zero-order valence-electron chi connectivity index (χ0n) is 15.0. The molecular weight excluding hydrogens is 304 g/mol. The smallest absolute Gasteiger partial charge is 0.241 e. The molecule has 4 unspecified atom stereocenters. The van der Waals surface area contributed by atoms with Crippen molar-refractivity contribution < 1.29 is 14.3 Å². The van der Waals surface area contributed by atoms with Crippen LogP contribution in [0.1, 0.15) is 45.2 Å². The number of nitrogens with two attached hydrogens (primary N) is 1. The molecule has 1 aliphatic heterocycles. The molecule has 0 aromatic heterocycles. The van der Waals surface area contributed by atoms with E-state index in [9.17, 15) is 4.79 Å². The molecule has 1 aromatic rings. The molecule has 1 heterocycles. The van der Waals surface area contributed by atoms with Gasteiger partial charge in [-0.3, -0.25) is 4.79 Å². The SMILES string of the molecule is COc1ccccc1C(C)NC(=O)C1(N)C2CCCOC2C1(C)C. The molecule has 4 atom stereocenters. The van der Waals surface area contributed by atoms with Crippen molar-refractivity contribution in [3.63, 3.8) is 0 Å². The molecule has 0 spiro atoms. The van der Waals surface area contributed by atoms with Gasteiger partial charge in [0.15, 0.2) is 0 Å². The number of fused-ring (bicyclic) bond motifs is 1. The van der Waals surface area contributed by atoms with E-state index in [1.165, 1.54) is 0 Å². The van der Waals surface area contributed by atoms with E-state index in [0.717, 1.165) is 30.8 Å². The van der Waals surface area contributed by atoms with Crippen LogP contribution in [0.25, 0.3) is 0 Å². The highest BCUT2D eigenvalue weighted by atomic mass is 16.5. The van der Waals surface area contributed by atoms with Gasteiger partial charge in [0.2, 0.25) is 5.91 Å². The number of hydrogen-bond acceptors (Lipinski definition) is 4. The Balaban J connectivity index is 1.79. The minimum atomic E-state index is -0.894. The van der Waals surface area contributed by atoms with E-state index < -0.39 is 5.54 Å². The van der Waals surface area contributed by atoms with Gasteiger partial charge in [-0.2, -0.15) is 0 Å². The average molecular weight is 332 g/mol. The van der Waals surface area contributed by atoms with Gasteiger partial charge in [0.05, 0.1) is 19.3 Å². The Hall–Kier alpha value is -1.59. The third-order valence-electron chi connectivity index (χ3n) is 6.01. The maximum atomic E-state index is 13.1. The molecular formula is C19H28N2O3. The van der Waals surface area contributed by atoms with E-state index in [1.54, 1.807) is 7.11 Å². The summed E-state index contributed by atoms with van der Waals surface area (Å²) in [6.07, 6.45) is 1.98. The molecule has 1 aromatic carbocycles. The Labute approximate surface area is 143 Å². The average Bonchev–Trinajstić information content (AvgIpc) is 2.60. The first kappa shape index (κ1) is 17.2. The topological polar surface area (TPSA) is 73.6 Å². The van der Waals surface area contributed by atoms with E-state index in [4.69, 9.17) is 15.2 Å². The fourth-order valence-electron chi connectivity index (χ4n) is 4.45. The summed E-state index contributed by atoms with van der Waals surface area (Å²) in [5.41, 5.74) is 6.34. The minimum absolute atomic E-state index is 0.0727. The molecule has 0 radical (unpaired) electrons. The number of benzene rings is 1. The Morgan fingerprint density at radius 1 is 1.42 bits per heavy atom. The van der Waals surface area contributed by atoms with Crippen LogP contribution in [-0.2, 0) is 9.53 Å². The zero-order valence-corrected chi connectivity index (χ0v) is 15.0. The van der Waals surface area contributed by atoms with Crippen LogP contribution in [0.15, 0.2) is 24.3 Å². The number of rotatable bonds is 4. The van der Waals surface area contributed by atoms with Crippen molar-refractivity contribution >= 4 is 5.91 Å². The molecule has 2 fully saturated rings. The summed E-state index contributed by atoms with van der Waals surface area (Å²) in [4.78, 5) is 13.1. The number of carbonyl (C=O) groups excluding carboxylic acids is 1. The van der Waals surface area contributed by atoms with E-state index in [2.05, 4.69) is 5.32 Å². The monoisotopic (exact) mass is 332 g/mol. The number of hydrogen-bond donors (Lipinski definition) is 2. The summed E-state index contributed by atoms with van der Waals surface area (Å²) >= 11 is 0. The van der Waals surface area contributed by atoms with Crippen LogP contribution in [0.3, 0.4) is 0 Å². The van der Waals surface area contributed by atoms with Crippen LogP contribution in [0, 0.1) is 11.3 Å². The number of carbonyl (C=O) groups is 1. The van der Waals surface area contributed by atoms with Crippen LogP contribution in [-0.4, -0.2) is 31.3 Å². The van der Waals surface area contributed by atoms with Crippen molar-refractivity contribution in [3.8, 4) is 5.75 Å². The predicted molar refractivity (Wildman–Crippen MR) is 92.7 cm³/mol. The predicted octanol–water partition coefficient (Wildman–Crippen LogP) is 2.40. The standard InChI is InChI=1S/C19H28N2O3/c1-12(13-8-5-6-10-15(13)23-4)21-17(22)19(20)14-9-7-11-24-16(14)18(19,2)3/h5-6,8,10,12,14,16H,7,9,11,20H2,1-4H3,(H,21,22).